The zero-order valence-electron chi connectivity index (χ0n) is 24.3. The minimum absolute atomic E-state index is 0.00587. The smallest absolute Gasteiger partial charge is 0.348 e. The molecule has 0 N–H and O–H groups in total. The topological polar surface area (TPSA) is 65.1 Å². The lowest BCUT2D eigenvalue weighted by Gasteiger charge is -2.24. The van der Waals surface area contributed by atoms with Crippen LogP contribution >= 0.6 is 11.3 Å². The molecule has 0 radical (unpaired) electrons. The first-order valence-corrected chi connectivity index (χ1v) is 15.3. The highest BCUT2D eigenvalue weighted by molar-refractivity contribution is 7.13. The molecule has 1 saturated heterocycles. The Labute approximate surface area is 247 Å². The molecule has 0 saturated carbocycles. The molecule has 41 heavy (non-hydrogen) atoms. The van der Waals surface area contributed by atoms with E-state index in [1.807, 2.05) is 35.2 Å². The van der Waals surface area contributed by atoms with E-state index >= 15 is 0 Å². The zero-order valence-corrected chi connectivity index (χ0v) is 25.2. The van der Waals surface area contributed by atoms with Gasteiger partial charge in [0.25, 0.3) is 0 Å². The van der Waals surface area contributed by atoms with Crippen LogP contribution in [0.25, 0.3) is 0 Å². The number of hydrogen-bond acceptors (Lipinski definition) is 6. The normalized spacial score (nSPS) is 15.9. The first-order chi connectivity index (χ1) is 20.0. The van der Waals surface area contributed by atoms with Crippen LogP contribution in [0.3, 0.4) is 0 Å². The van der Waals surface area contributed by atoms with Gasteiger partial charge >= 0.3 is 5.97 Å². The molecule has 7 heteroatoms. The number of rotatable bonds is 15. The first-order valence-electron chi connectivity index (χ1n) is 14.5. The van der Waals surface area contributed by atoms with Crippen molar-refractivity contribution in [3.05, 3.63) is 93.7 Å². The lowest BCUT2D eigenvalue weighted by molar-refractivity contribution is -0.117. The van der Waals surface area contributed by atoms with Crippen molar-refractivity contribution in [3.8, 4) is 5.75 Å². The Morgan fingerprint density at radius 3 is 2.51 bits per heavy atom. The molecule has 1 fully saturated rings. The summed E-state index contributed by atoms with van der Waals surface area (Å²) in [7, 11) is 3.06. The maximum absolute atomic E-state index is 12.9. The second-order valence-corrected chi connectivity index (χ2v) is 11.5. The molecule has 1 aliphatic rings. The summed E-state index contributed by atoms with van der Waals surface area (Å²) in [6.45, 7) is 2.76. The Morgan fingerprint density at radius 2 is 1.80 bits per heavy atom. The van der Waals surface area contributed by atoms with E-state index in [9.17, 15) is 9.59 Å². The van der Waals surface area contributed by atoms with Gasteiger partial charge in [-0.25, -0.2) is 4.79 Å². The molecule has 2 aromatic carbocycles. The predicted octanol–water partition coefficient (Wildman–Crippen LogP) is 8.07. The molecular formula is C34H41NO5S. The molecule has 0 spiro atoms. The number of nitrogens with zero attached hydrogens (tertiary/aromatic N) is 1. The van der Waals surface area contributed by atoms with Crippen molar-refractivity contribution in [2.75, 3.05) is 19.1 Å². The molecule has 1 unspecified atom stereocenters. The third kappa shape index (κ3) is 8.54. The fraction of sp³-hybridized carbons (Fsp3) is 0.412. The fourth-order valence-corrected chi connectivity index (χ4v) is 6.03. The molecule has 3 aromatic rings. The first kappa shape index (κ1) is 30.5. The van der Waals surface area contributed by atoms with Gasteiger partial charge < -0.3 is 19.1 Å². The Balaban J connectivity index is 1.41. The van der Waals surface area contributed by atoms with Crippen LogP contribution in [0.5, 0.6) is 5.75 Å². The van der Waals surface area contributed by atoms with Crippen molar-refractivity contribution in [2.45, 2.75) is 77.0 Å². The number of esters is 1. The van der Waals surface area contributed by atoms with Gasteiger partial charge in [-0.15, -0.1) is 11.3 Å². The second kappa shape index (κ2) is 15.5. The van der Waals surface area contributed by atoms with Crippen molar-refractivity contribution in [1.82, 2.24) is 0 Å². The molecule has 1 aliphatic heterocycles. The number of ether oxygens (including phenoxy) is 3. The van der Waals surface area contributed by atoms with E-state index in [1.165, 1.54) is 37.7 Å². The third-order valence-electron chi connectivity index (χ3n) is 7.45. The highest BCUT2D eigenvalue weighted by Crippen LogP contribution is 2.32. The fourth-order valence-electron chi connectivity index (χ4n) is 5.13. The molecule has 6 nitrogen and oxygen atoms in total. The standard InChI is InChI=1S/C34H41NO5S/c1-4-5-6-7-11-31(40-24-25-12-19-29(38-2)20-13-25)26-14-16-28(17-15-26)35-27(18-23-33(35)36)9-8-10-30-21-22-32(41-30)34(37)39-3/h8-9,12-17,19-22,27,31H,4-7,10-11,18,23-24H2,1-3H3/t27-,31?/m0/s1. The molecule has 1 amide bonds. The number of allylic oxidation sites excluding steroid dienone is 1. The minimum Gasteiger partial charge on any atom is -0.497 e. The van der Waals surface area contributed by atoms with Crippen molar-refractivity contribution in [3.63, 3.8) is 0 Å². The Morgan fingerprint density at radius 1 is 1.02 bits per heavy atom. The maximum atomic E-state index is 12.9. The van der Waals surface area contributed by atoms with Crippen molar-refractivity contribution < 1.29 is 23.8 Å². The molecule has 2 heterocycles. The van der Waals surface area contributed by atoms with Crippen LogP contribution in [-0.4, -0.2) is 32.1 Å². The molecule has 4 rings (SSSR count). The summed E-state index contributed by atoms with van der Waals surface area (Å²) in [5, 5.41) is 0. The number of unbranched alkanes of at least 4 members (excludes halogenated alkanes) is 3. The molecule has 1 aromatic heterocycles. The van der Waals surface area contributed by atoms with Crippen LogP contribution < -0.4 is 9.64 Å². The van der Waals surface area contributed by atoms with Crippen molar-refractivity contribution >= 4 is 28.9 Å². The van der Waals surface area contributed by atoms with Gasteiger partial charge in [-0.1, -0.05) is 69.0 Å². The number of hydrogen-bond donors (Lipinski definition) is 0. The number of benzene rings is 2. The van der Waals surface area contributed by atoms with Gasteiger partial charge in [0.1, 0.15) is 10.6 Å². The van der Waals surface area contributed by atoms with E-state index in [0.29, 0.717) is 24.3 Å². The molecule has 2 atom stereocenters. The number of thiophene rings is 1. The molecule has 0 aliphatic carbocycles. The Kier molecular flexibility index (Phi) is 11.6. The lowest BCUT2D eigenvalue weighted by atomic mass is 10.0. The van der Waals surface area contributed by atoms with Gasteiger partial charge in [0.05, 0.1) is 33.0 Å². The summed E-state index contributed by atoms with van der Waals surface area (Å²) in [5.74, 6) is 0.670. The van der Waals surface area contributed by atoms with Crippen LogP contribution in [0.4, 0.5) is 5.69 Å². The molecule has 218 valence electrons. The molecule has 0 bridgehead atoms. The van der Waals surface area contributed by atoms with Gasteiger partial charge in [-0.3, -0.25) is 4.79 Å². The minimum atomic E-state index is -0.310. The average Bonchev–Trinajstić information content (AvgIpc) is 3.63. The van der Waals surface area contributed by atoms with E-state index < -0.39 is 0 Å². The maximum Gasteiger partial charge on any atom is 0.348 e. The van der Waals surface area contributed by atoms with Gasteiger partial charge in [-0.2, -0.15) is 0 Å². The summed E-state index contributed by atoms with van der Waals surface area (Å²) in [5.41, 5.74) is 3.16. The highest BCUT2D eigenvalue weighted by atomic mass is 32.1. The van der Waals surface area contributed by atoms with Crippen molar-refractivity contribution in [1.29, 1.82) is 0 Å². The van der Waals surface area contributed by atoms with Gasteiger partial charge in [0, 0.05) is 17.0 Å². The molecular weight excluding hydrogens is 534 g/mol. The lowest BCUT2D eigenvalue weighted by Crippen LogP contribution is -2.31. The van der Waals surface area contributed by atoms with Crippen LogP contribution in [0.1, 0.15) is 83.6 Å². The average molecular weight is 576 g/mol. The number of carbonyl (C=O) groups is 2. The van der Waals surface area contributed by atoms with Crippen LogP contribution in [0, 0.1) is 0 Å². The van der Waals surface area contributed by atoms with E-state index in [4.69, 9.17) is 14.2 Å². The summed E-state index contributed by atoms with van der Waals surface area (Å²) in [4.78, 5) is 28.2. The number of methoxy groups -OCH3 is 2. The predicted molar refractivity (Wildman–Crippen MR) is 165 cm³/mol. The number of carbonyl (C=O) groups excluding carboxylic acids is 2. The zero-order chi connectivity index (χ0) is 29.0. The van der Waals surface area contributed by atoms with Crippen molar-refractivity contribution in [2.24, 2.45) is 0 Å². The van der Waals surface area contributed by atoms with Crippen LogP contribution in [0.2, 0.25) is 0 Å². The Hall–Kier alpha value is -3.42. The Bertz CT molecular complexity index is 1280. The number of anilines is 1. The highest BCUT2D eigenvalue weighted by Gasteiger charge is 2.30. The SMILES string of the molecule is CCCCCCC(OCc1ccc(OC)cc1)c1ccc(N2C(=O)CC[C@@H]2C=CCc2ccc(C(=O)OC)s2)cc1. The van der Waals surface area contributed by atoms with E-state index in [2.05, 4.69) is 43.3 Å². The van der Waals surface area contributed by atoms with E-state index in [1.54, 1.807) is 13.2 Å². The summed E-state index contributed by atoms with van der Waals surface area (Å²) < 4.78 is 16.5. The monoisotopic (exact) mass is 575 g/mol. The van der Waals surface area contributed by atoms with E-state index in [0.717, 1.165) is 46.7 Å². The summed E-state index contributed by atoms with van der Waals surface area (Å²) >= 11 is 1.44. The second-order valence-electron chi connectivity index (χ2n) is 10.3. The summed E-state index contributed by atoms with van der Waals surface area (Å²) in [6.07, 6.45) is 12.0. The van der Waals surface area contributed by atoms with Crippen LogP contribution in [0.15, 0.2) is 72.8 Å². The van der Waals surface area contributed by atoms with Gasteiger partial charge in [0.15, 0.2) is 0 Å². The summed E-state index contributed by atoms with van der Waals surface area (Å²) in [6, 6.07) is 20.1. The van der Waals surface area contributed by atoms with E-state index in [-0.39, 0.29) is 24.0 Å². The quantitative estimate of drug-likeness (QED) is 0.104. The van der Waals surface area contributed by atoms with Crippen LogP contribution in [-0.2, 0) is 27.3 Å². The van der Waals surface area contributed by atoms with Gasteiger partial charge in [0.2, 0.25) is 5.91 Å². The largest absolute Gasteiger partial charge is 0.497 e. The van der Waals surface area contributed by atoms with Gasteiger partial charge in [-0.05, 0) is 66.8 Å². The third-order valence-corrected chi connectivity index (χ3v) is 8.54. The number of amides is 1.